The van der Waals surface area contributed by atoms with Crippen LogP contribution in [0.2, 0.25) is 0 Å². The molecule has 0 aromatic rings. The van der Waals surface area contributed by atoms with Crippen LogP contribution in [0.1, 0.15) is 55.4 Å². The molecule has 0 aliphatic heterocycles. The Bertz CT molecular complexity index is 617. The molecule has 0 aliphatic carbocycles. The summed E-state index contributed by atoms with van der Waals surface area (Å²) in [6.45, 7) is 20.9. The average molecular weight is 477 g/mol. The van der Waals surface area contributed by atoms with Crippen molar-refractivity contribution < 1.29 is 19.1 Å². The van der Waals surface area contributed by atoms with Gasteiger partial charge in [0.05, 0.1) is 0 Å². The zero-order valence-electron chi connectivity index (χ0n) is 22.8. The Kier molecular flexibility index (Phi) is 16.2. The van der Waals surface area contributed by atoms with Crippen LogP contribution in [0.4, 0.5) is 0 Å². The normalized spacial score (nSPS) is 16.2. The van der Waals surface area contributed by atoms with Crippen LogP contribution < -0.4 is 0 Å². The van der Waals surface area contributed by atoms with Crippen LogP contribution in [-0.2, 0) is 19.1 Å². The minimum Gasteiger partial charge on any atom is -0.463 e. The van der Waals surface area contributed by atoms with Crippen LogP contribution in [0.15, 0.2) is 48.6 Å². The standard InChI is InChI=1S/C28H48N2O4/c1-9-17-27(18-10-2,25(31)33-23-21-29(13-5)14-6)28(19-11-3,20-12-4)26(32)34-24-22-30(15-7)16-8/h9-12,17-20H,13-16,21-24H2,1-8H3. The van der Waals surface area contributed by atoms with Crippen molar-refractivity contribution in [2.75, 3.05) is 52.5 Å². The lowest BCUT2D eigenvalue weighted by Gasteiger charge is -2.40. The first kappa shape index (κ1) is 31.8. The van der Waals surface area contributed by atoms with Crippen LogP contribution in [-0.4, -0.2) is 74.2 Å². The third-order valence-corrected chi connectivity index (χ3v) is 6.15. The predicted octanol–water partition coefficient (Wildman–Crippen LogP) is 5.03. The van der Waals surface area contributed by atoms with Gasteiger partial charge in [0.25, 0.3) is 0 Å². The lowest BCUT2D eigenvalue weighted by Crippen LogP contribution is -2.50. The number of rotatable bonds is 17. The lowest BCUT2D eigenvalue weighted by molar-refractivity contribution is -0.166. The number of esters is 2. The number of allylic oxidation sites excluding steroid dienone is 4. The molecule has 6 heteroatoms. The quantitative estimate of drug-likeness (QED) is 0.217. The van der Waals surface area contributed by atoms with E-state index < -0.39 is 22.8 Å². The smallest absolute Gasteiger partial charge is 0.321 e. The summed E-state index contributed by atoms with van der Waals surface area (Å²) >= 11 is 0. The Morgan fingerprint density at radius 1 is 0.588 bits per heavy atom. The number of carbonyl (C=O) groups is 2. The van der Waals surface area contributed by atoms with Gasteiger partial charge in [-0.05, 0) is 53.9 Å². The molecule has 0 saturated carbocycles. The second kappa shape index (κ2) is 17.3. The fourth-order valence-corrected chi connectivity index (χ4v) is 4.18. The molecule has 34 heavy (non-hydrogen) atoms. The zero-order chi connectivity index (χ0) is 26.0. The van der Waals surface area contributed by atoms with Gasteiger partial charge in [0.1, 0.15) is 24.0 Å². The van der Waals surface area contributed by atoms with E-state index in [9.17, 15) is 9.59 Å². The van der Waals surface area contributed by atoms with E-state index in [4.69, 9.17) is 9.47 Å². The molecule has 0 radical (unpaired) electrons. The van der Waals surface area contributed by atoms with Crippen LogP contribution in [0, 0.1) is 10.8 Å². The molecule has 0 N–H and O–H groups in total. The number of ether oxygens (including phenoxy) is 2. The van der Waals surface area contributed by atoms with Crippen molar-refractivity contribution in [3.8, 4) is 0 Å². The molecule has 6 nitrogen and oxygen atoms in total. The van der Waals surface area contributed by atoms with Gasteiger partial charge in [0.15, 0.2) is 0 Å². The Morgan fingerprint density at radius 2 is 0.853 bits per heavy atom. The number of hydrogen-bond donors (Lipinski definition) is 0. The summed E-state index contributed by atoms with van der Waals surface area (Å²) in [5.41, 5.74) is -2.77. The zero-order valence-corrected chi connectivity index (χ0v) is 22.8. The summed E-state index contributed by atoms with van der Waals surface area (Å²) in [6, 6.07) is 0. The second-order valence-corrected chi connectivity index (χ2v) is 8.06. The average Bonchev–Trinajstić information content (AvgIpc) is 2.83. The van der Waals surface area contributed by atoms with Gasteiger partial charge < -0.3 is 19.3 Å². The maximum atomic E-state index is 13.8. The minimum atomic E-state index is -1.38. The van der Waals surface area contributed by atoms with E-state index in [0.29, 0.717) is 13.1 Å². The van der Waals surface area contributed by atoms with Gasteiger partial charge in [-0.2, -0.15) is 0 Å². The number of likely N-dealkylation sites (N-methyl/N-ethyl adjacent to an activating group) is 2. The molecule has 0 saturated heterocycles. The SMILES string of the molecule is CC=CC(C=CC)(C(=O)OCCN(CC)CC)C(C=CC)(C=CC)C(=O)OCCN(CC)CC. The summed E-state index contributed by atoms with van der Waals surface area (Å²) in [5.74, 6) is -0.958. The summed E-state index contributed by atoms with van der Waals surface area (Å²) in [4.78, 5) is 31.9. The Morgan fingerprint density at radius 3 is 1.06 bits per heavy atom. The molecule has 0 bridgehead atoms. The molecule has 0 fully saturated rings. The van der Waals surface area contributed by atoms with E-state index >= 15 is 0 Å². The Balaban J connectivity index is 6.38. The molecule has 0 amide bonds. The summed E-state index contributed by atoms with van der Waals surface area (Å²) in [7, 11) is 0. The van der Waals surface area contributed by atoms with Crippen LogP contribution >= 0.6 is 0 Å². The molecular weight excluding hydrogens is 428 g/mol. The van der Waals surface area contributed by atoms with Crippen molar-refractivity contribution in [3.05, 3.63) is 48.6 Å². The highest BCUT2D eigenvalue weighted by Gasteiger charge is 2.57. The van der Waals surface area contributed by atoms with Crippen molar-refractivity contribution in [2.45, 2.75) is 55.4 Å². The van der Waals surface area contributed by atoms with Crippen molar-refractivity contribution in [2.24, 2.45) is 10.8 Å². The van der Waals surface area contributed by atoms with E-state index in [1.165, 1.54) is 0 Å². The van der Waals surface area contributed by atoms with Crippen molar-refractivity contribution in [1.29, 1.82) is 0 Å². The van der Waals surface area contributed by atoms with Crippen LogP contribution in [0.25, 0.3) is 0 Å². The largest absolute Gasteiger partial charge is 0.463 e. The number of carbonyl (C=O) groups excluding carboxylic acids is 2. The highest BCUT2D eigenvalue weighted by molar-refractivity contribution is 5.95. The Labute approximate surface area is 208 Å². The molecule has 0 aliphatic rings. The molecular formula is C28H48N2O4. The van der Waals surface area contributed by atoms with Gasteiger partial charge in [0.2, 0.25) is 0 Å². The first-order chi connectivity index (χ1) is 16.3. The molecule has 0 rings (SSSR count). The molecule has 0 heterocycles. The second-order valence-electron chi connectivity index (χ2n) is 8.06. The van der Waals surface area contributed by atoms with E-state index in [0.717, 1.165) is 26.2 Å². The van der Waals surface area contributed by atoms with Gasteiger partial charge in [-0.3, -0.25) is 9.59 Å². The third-order valence-electron chi connectivity index (χ3n) is 6.15. The van der Waals surface area contributed by atoms with E-state index in [-0.39, 0.29) is 13.2 Å². The molecule has 0 spiro atoms. The number of nitrogens with zero attached hydrogens (tertiary/aromatic N) is 2. The maximum absolute atomic E-state index is 13.8. The highest BCUT2D eigenvalue weighted by atomic mass is 16.5. The van der Waals surface area contributed by atoms with Crippen LogP contribution in [0.5, 0.6) is 0 Å². The van der Waals surface area contributed by atoms with Gasteiger partial charge in [-0.1, -0.05) is 76.3 Å². The molecule has 0 atom stereocenters. The van der Waals surface area contributed by atoms with Gasteiger partial charge in [-0.25, -0.2) is 0 Å². The van der Waals surface area contributed by atoms with Gasteiger partial charge in [-0.15, -0.1) is 0 Å². The lowest BCUT2D eigenvalue weighted by atomic mass is 9.61. The fourth-order valence-electron chi connectivity index (χ4n) is 4.18. The first-order valence-corrected chi connectivity index (χ1v) is 12.7. The molecule has 0 aromatic carbocycles. The summed E-state index contributed by atoms with van der Waals surface area (Å²) in [6.07, 6.45) is 14.1. The predicted molar refractivity (Wildman–Crippen MR) is 142 cm³/mol. The van der Waals surface area contributed by atoms with Crippen molar-refractivity contribution >= 4 is 11.9 Å². The van der Waals surface area contributed by atoms with Crippen LogP contribution in [0.3, 0.4) is 0 Å². The van der Waals surface area contributed by atoms with Gasteiger partial charge >= 0.3 is 11.9 Å². The topological polar surface area (TPSA) is 59.1 Å². The van der Waals surface area contributed by atoms with E-state index in [2.05, 4.69) is 37.5 Å². The molecule has 0 unspecified atom stereocenters. The maximum Gasteiger partial charge on any atom is 0.321 e. The fraction of sp³-hybridized carbons (Fsp3) is 0.643. The third kappa shape index (κ3) is 8.24. The van der Waals surface area contributed by atoms with E-state index in [1.807, 2.05) is 27.7 Å². The summed E-state index contributed by atoms with van der Waals surface area (Å²) < 4.78 is 11.6. The molecule has 0 aromatic heterocycles. The van der Waals surface area contributed by atoms with Gasteiger partial charge in [0, 0.05) is 13.1 Å². The Hall–Kier alpha value is -2.18. The molecule has 194 valence electrons. The van der Waals surface area contributed by atoms with Crippen molar-refractivity contribution in [1.82, 2.24) is 9.80 Å². The minimum absolute atomic E-state index is 0.246. The van der Waals surface area contributed by atoms with E-state index in [1.54, 1.807) is 48.6 Å². The number of hydrogen-bond acceptors (Lipinski definition) is 6. The first-order valence-electron chi connectivity index (χ1n) is 12.7. The highest BCUT2D eigenvalue weighted by Crippen LogP contribution is 2.47. The summed E-state index contributed by atoms with van der Waals surface area (Å²) in [5, 5.41) is 0. The monoisotopic (exact) mass is 476 g/mol. The van der Waals surface area contributed by atoms with Crippen molar-refractivity contribution in [3.63, 3.8) is 0 Å².